The van der Waals surface area contributed by atoms with Gasteiger partial charge in [-0.05, 0) is 44.2 Å². The van der Waals surface area contributed by atoms with Crippen LogP contribution in [0.3, 0.4) is 0 Å². The number of hydrogen-bond acceptors (Lipinski definition) is 5. The minimum atomic E-state index is -0.243. The van der Waals surface area contributed by atoms with Crippen LogP contribution in [0.25, 0.3) is 0 Å². The van der Waals surface area contributed by atoms with Crippen LogP contribution in [-0.4, -0.2) is 76.2 Å². The van der Waals surface area contributed by atoms with Crippen molar-refractivity contribution < 1.29 is 13.9 Å². The Balaban J connectivity index is 1.47. The van der Waals surface area contributed by atoms with E-state index in [0.29, 0.717) is 11.3 Å². The van der Waals surface area contributed by atoms with E-state index in [1.807, 2.05) is 25.1 Å². The molecule has 0 atom stereocenters. The molecular weight excluding hydrogens is 395 g/mol. The van der Waals surface area contributed by atoms with E-state index in [0.717, 1.165) is 62.6 Å². The van der Waals surface area contributed by atoms with Crippen LogP contribution in [-0.2, 0) is 0 Å². The molecule has 1 amide bonds. The van der Waals surface area contributed by atoms with Crippen molar-refractivity contribution >= 4 is 17.3 Å². The third-order valence-electron chi connectivity index (χ3n) is 5.63. The summed E-state index contributed by atoms with van der Waals surface area (Å²) in [6.07, 6.45) is 0.979. The Morgan fingerprint density at radius 2 is 1.87 bits per heavy atom. The van der Waals surface area contributed by atoms with Crippen molar-refractivity contribution in [2.45, 2.75) is 13.3 Å². The molecule has 1 N–H and O–H groups in total. The summed E-state index contributed by atoms with van der Waals surface area (Å²) in [6.45, 7) is 7.30. The van der Waals surface area contributed by atoms with Crippen molar-refractivity contribution in [3.8, 4) is 5.75 Å². The molecule has 1 saturated heterocycles. The second-order valence-corrected chi connectivity index (χ2v) is 8.17. The van der Waals surface area contributed by atoms with Crippen LogP contribution in [0.1, 0.15) is 22.3 Å². The zero-order valence-corrected chi connectivity index (χ0v) is 18.9. The van der Waals surface area contributed by atoms with Gasteiger partial charge in [0, 0.05) is 58.6 Å². The number of aryl methyl sites for hydroxylation is 1. The molecule has 0 bridgehead atoms. The first-order valence-corrected chi connectivity index (χ1v) is 10.8. The standard InChI is InChI=1S/C24H33FN4O2/c1-18-6-8-21(20(16-18)24(30)27(2)3)26-10-5-11-28-12-14-29(15-13-28)22-17-19(25)7-9-23(22)31-4/h6-9,16-17,26H,5,10-15H2,1-4H3. The van der Waals surface area contributed by atoms with Crippen LogP contribution >= 0.6 is 0 Å². The number of anilines is 2. The van der Waals surface area contributed by atoms with Gasteiger partial charge in [-0.25, -0.2) is 4.39 Å². The lowest BCUT2D eigenvalue weighted by Gasteiger charge is -2.36. The number of hydrogen-bond donors (Lipinski definition) is 1. The number of piperazine rings is 1. The van der Waals surface area contributed by atoms with Crippen LogP contribution in [0.5, 0.6) is 5.75 Å². The van der Waals surface area contributed by atoms with Crippen LogP contribution in [0, 0.1) is 12.7 Å². The highest BCUT2D eigenvalue weighted by atomic mass is 19.1. The Bertz CT molecular complexity index is 895. The number of carbonyl (C=O) groups excluding carboxylic acids is 1. The highest BCUT2D eigenvalue weighted by Gasteiger charge is 2.20. The number of ether oxygens (including phenoxy) is 1. The average molecular weight is 429 g/mol. The number of halogens is 1. The van der Waals surface area contributed by atoms with Crippen molar-refractivity contribution in [1.29, 1.82) is 0 Å². The summed E-state index contributed by atoms with van der Waals surface area (Å²) >= 11 is 0. The molecule has 31 heavy (non-hydrogen) atoms. The maximum absolute atomic E-state index is 13.7. The van der Waals surface area contributed by atoms with E-state index in [-0.39, 0.29) is 11.7 Å². The highest BCUT2D eigenvalue weighted by molar-refractivity contribution is 5.99. The summed E-state index contributed by atoms with van der Waals surface area (Å²) in [5.41, 5.74) is 3.49. The second kappa shape index (κ2) is 10.5. The Morgan fingerprint density at radius 1 is 1.13 bits per heavy atom. The van der Waals surface area contributed by atoms with Crippen LogP contribution in [0.2, 0.25) is 0 Å². The lowest BCUT2D eigenvalue weighted by molar-refractivity contribution is 0.0828. The van der Waals surface area contributed by atoms with Crippen molar-refractivity contribution in [2.24, 2.45) is 0 Å². The van der Waals surface area contributed by atoms with Gasteiger partial charge in [-0.3, -0.25) is 9.69 Å². The topological polar surface area (TPSA) is 48.1 Å². The minimum absolute atomic E-state index is 0.00935. The van der Waals surface area contributed by atoms with Gasteiger partial charge in [0.1, 0.15) is 11.6 Å². The van der Waals surface area contributed by atoms with E-state index in [4.69, 9.17) is 4.74 Å². The molecule has 6 nitrogen and oxygen atoms in total. The predicted octanol–water partition coefficient (Wildman–Crippen LogP) is 3.47. The lowest BCUT2D eigenvalue weighted by atomic mass is 10.1. The molecule has 0 radical (unpaired) electrons. The van der Waals surface area contributed by atoms with Gasteiger partial charge in [0.05, 0.1) is 18.4 Å². The maximum Gasteiger partial charge on any atom is 0.255 e. The quantitative estimate of drug-likeness (QED) is 0.653. The molecule has 1 aliphatic rings. The number of methoxy groups -OCH3 is 1. The summed E-state index contributed by atoms with van der Waals surface area (Å²) in [6, 6.07) is 10.6. The molecule has 7 heteroatoms. The molecule has 1 heterocycles. The molecule has 0 spiro atoms. The SMILES string of the molecule is COc1ccc(F)cc1N1CCN(CCCNc2ccc(C)cc2C(=O)N(C)C)CC1. The Morgan fingerprint density at radius 3 is 2.55 bits per heavy atom. The van der Waals surface area contributed by atoms with E-state index in [9.17, 15) is 9.18 Å². The average Bonchev–Trinajstić information content (AvgIpc) is 2.77. The molecule has 1 fully saturated rings. The Kier molecular flexibility index (Phi) is 7.74. The van der Waals surface area contributed by atoms with E-state index in [1.165, 1.54) is 6.07 Å². The van der Waals surface area contributed by atoms with Gasteiger partial charge in [0.15, 0.2) is 0 Å². The lowest BCUT2D eigenvalue weighted by Crippen LogP contribution is -2.47. The van der Waals surface area contributed by atoms with Gasteiger partial charge in [0.2, 0.25) is 0 Å². The fourth-order valence-electron chi connectivity index (χ4n) is 3.88. The predicted molar refractivity (Wildman–Crippen MR) is 124 cm³/mol. The molecule has 0 aromatic heterocycles. The summed E-state index contributed by atoms with van der Waals surface area (Å²) in [4.78, 5) is 18.7. The van der Waals surface area contributed by atoms with E-state index >= 15 is 0 Å². The molecule has 3 rings (SSSR count). The van der Waals surface area contributed by atoms with Crippen LogP contribution in [0.4, 0.5) is 15.8 Å². The smallest absolute Gasteiger partial charge is 0.255 e. The van der Waals surface area contributed by atoms with E-state index < -0.39 is 0 Å². The van der Waals surface area contributed by atoms with Crippen molar-refractivity contribution in [2.75, 3.05) is 70.7 Å². The molecular formula is C24H33FN4O2. The van der Waals surface area contributed by atoms with Crippen molar-refractivity contribution in [3.63, 3.8) is 0 Å². The first-order chi connectivity index (χ1) is 14.9. The summed E-state index contributed by atoms with van der Waals surface area (Å²) < 4.78 is 19.1. The number of benzene rings is 2. The molecule has 2 aromatic rings. The van der Waals surface area contributed by atoms with Crippen LogP contribution < -0.4 is 15.0 Å². The number of nitrogens with one attached hydrogen (secondary N) is 1. The number of carbonyl (C=O) groups is 1. The largest absolute Gasteiger partial charge is 0.495 e. The van der Waals surface area contributed by atoms with Gasteiger partial charge >= 0.3 is 0 Å². The van der Waals surface area contributed by atoms with Gasteiger partial charge < -0.3 is 19.9 Å². The zero-order chi connectivity index (χ0) is 22.4. The third-order valence-corrected chi connectivity index (χ3v) is 5.63. The molecule has 2 aromatic carbocycles. The summed E-state index contributed by atoms with van der Waals surface area (Å²) in [5, 5.41) is 3.43. The normalized spacial score (nSPS) is 14.4. The number of rotatable bonds is 8. The third kappa shape index (κ3) is 5.88. The van der Waals surface area contributed by atoms with E-state index in [2.05, 4.69) is 15.1 Å². The number of amides is 1. The minimum Gasteiger partial charge on any atom is -0.495 e. The maximum atomic E-state index is 13.7. The molecule has 0 aliphatic carbocycles. The van der Waals surface area contributed by atoms with Gasteiger partial charge in [0.25, 0.3) is 5.91 Å². The fourth-order valence-corrected chi connectivity index (χ4v) is 3.88. The molecule has 168 valence electrons. The summed E-state index contributed by atoms with van der Waals surface area (Å²) in [5.74, 6) is 0.475. The highest BCUT2D eigenvalue weighted by Crippen LogP contribution is 2.29. The molecule has 0 unspecified atom stereocenters. The van der Waals surface area contributed by atoms with E-state index in [1.54, 1.807) is 38.2 Å². The summed E-state index contributed by atoms with van der Waals surface area (Å²) in [7, 11) is 5.16. The molecule has 1 aliphatic heterocycles. The molecule has 0 saturated carbocycles. The van der Waals surface area contributed by atoms with Crippen LogP contribution in [0.15, 0.2) is 36.4 Å². The zero-order valence-electron chi connectivity index (χ0n) is 18.9. The second-order valence-electron chi connectivity index (χ2n) is 8.17. The Labute approximate surface area is 184 Å². The van der Waals surface area contributed by atoms with Crippen molar-refractivity contribution in [3.05, 3.63) is 53.3 Å². The number of nitrogens with zero attached hydrogens (tertiary/aromatic N) is 3. The first kappa shape index (κ1) is 22.9. The fraction of sp³-hybridized carbons (Fsp3) is 0.458. The van der Waals surface area contributed by atoms with Gasteiger partial charge in [-0.2, -0.15) is 0 Å². The van der Waals surface area contributed by atoms with Gasteiger partial charge in [-0.1, -0.05) is 11.6 Å². The first-order valence-electron chi connectivity index (χ1n) is 10.8. The van der Waals surface area contributed by atoms with Crippen molar-refractivity contribution in [1.82, 2.24) is 9.80 Å². The van der Waals surface area contributed by atoms with Gasteiger partial charge in [-0.15, -0.1) is 0 Å². The monoisotopic (exact) mass is 428 g/mol. The Hall–Kier alpha value is -2.80.